The monoisotopic (exact) mass is 318 g/mol. The molecule has 0 bridgehead atoms. The maximum atomic E-state index is 6.45. The number of nitrogens with zero attached hydrogens (tertiary/aromatic N) is 2. The van der Waals surface area contributed by atoms with Crippen LogP contribution in [0.3, 0.4) is 0 Å². The SMILES string of the molecule is CCCN1CCC=C(c2nc(-c3ccccc3)sc2Cl)C1. The molecule has 1 aliphatic heterocycles. The first kappa shape index (κ1) is 14.8. The number of hydrogen-bond acceptors (Lipinski definition) is 3. The third kappa shape index (κ3) is 3.37. The highest BCUT2D eigenvalue weighted by Gasteiger charge is 2.19. The molecule has 2 aromatic rings. The van der Waals surface area contributed by atoms with Gasteiger partial charge in [0.2, 0.25) is 0 Å². The van der Waals surface area contributed by atoms with Crippen LogP contribution in [-0.2, 0) is 0 Å². The Kier molecular flexibility index (Phi) is 4.73. The first-order valence-corrected chi connectivity index (χ1v) is 8.61. The van der Waals surface area contributed by atoms with Crippen molar-refractivity contribution in [2.45, 2.75) is 19.8 Å². The number of rotatable bonds is 4. The maximum absolute atomic E-state index is 6.45. The first-order chi connectivity index (χ1) is 10.3. The summed E-state index contributed by atoms with van der Waals surface area (Å²) in [5.41, 5.74) is 3.39. The zero-order valence-corrected chi connectivity index (χ0v) is 13.8. The fourth-order valence-corrected chi connectivity index (χ4v) is 3.91. The largest absolute Gasteiger partial charge is 0.299 e. The minimum absolute atomic E-state index is 0.804. The Balaban J connectivity index is 1.86. The van der Waals surface area contributed by atoms with Gasteiger partial charge in [0.05, 0.1) is 5.69 Å². The van der Waals surface area contributed by atoms with Crippen molar-refractivity contribution in [3.05, 3.63) is 46.4 Å². The normalized spacial score (nSPS) is 16.0. The molecule has 0 aliphatic carbocycles. The van der Waals surface area contributed by atoms with Gasteiger partial charge in [-0.05, 0) is 25.0 Å². The summed E-state index contributed by atoms with van der Waals surface area (Å²) in [5, 5.41) is 1.00. The van der Waals surface area contributed by atoms with Gasteiger partial charge in [0.1, 0.15) is 9.34 Å². The van der Waals surface area contributed by atoms with Crippen LogP contribution in [0.1, 0.15) is 25.5 Å². The summed E-state index contributed by atoms with van der Waals surface area (Å²) in [6.45, 7) is 5.47. The summed E-state index contributed by atoms with van der Waals surface area (Å²) in [4.78, 5) is 7.27. The third-order valence-electron chi connectivity index (χ3n) is 3.68. The molecule has 2 nitrogen and oxygen atoms in total. The molecule has 110 valence electrons. The molecule has 3 rings (SSSR count). The van der Waals surface area contributed by atoms with E-state index >= 15 is 0 Å². The molecule has 4 heteroatoms. The Morgan fingerprint density at radius 2 is 2.10 bits per heavy atom. The van der Waals surface area contributed by atoms with Crippen molar-refractivity contribution in [2.24, 2.45) is 0 Å². The highest BCUT2D eigenvalue weighted by atomic mass is 35.5. The molecule has 21 heavy (non-hydrogen) atoms. The first-order valence-electron chi connectivity index (χ1n) is 7.41. The summed E-state index contributed by atoms with van der Waals surface area (Å²) in [5.74, 6) is 0. The van der Waals surface area contributed by atoms with Crippen molar-refractivity contribution >= 4 is 28.5 Å². The van der Waals surface area contributed by atoms with E-state index in [1.807, 2.05) is 18.2 Å². The maximum Gasteiger partial charge on any atom is 0.125 e. The van der Waals surface area contributed by atoms with Crippen LogP contribution in [0, 0.1) is 0 Å². The third-order valence-corrected chi connectivity index (χ3v) is 4.98. The van der Waals surface area contributed by atoms with E-state index in [0.29, 0.717) is 0 Å². The predicted octanol–water partition coefficient (Wildman–Crippen LogP) is 4.96. The van der Waals surface area contributed by atoms with E-state index in [9.17, 15) is 0 Å². The van der Waals surface area contributed by atoms with Gasteiger partial charge in [0.25, 0.3) is 0 Å². The molecule has 1 aliphatic rings. The van der Waals surface area contributed by atoms with Crippen LogP contribution >= 0.6 is 22.9 Å². The van der Waals surface area contributed by atoms with Crippen LogP contribution in [-0.4, -0.2) is 29.5 Å². The van der Waals surface area contributed by atoms with Crippen molar-refractivity contribution in [1.82, 2.24) is 9.88 Å². The molecule has 0 spiro atoms. The second-order valence-electron chi connectivity index (χ2n) is 5.30. The average Bonchev–Trinajstić information content (AvgIpc) is 2.91. The van der Waals surface area contributed by atoms with E-state index in [1.54, 1.807) is 11.3 Å². The second-order valence-corrected chi connectivity index (χ2v) is 6.90. The number of benzene rings is 1. The van der Waals surface area contributed by atoms with Crippen molar-refractivity contribution in [3.8, 4) is 10.6 Å². The summed E-state index contributed by atoms with van der Waals surface area (Å²) < 4.78 is 0.804. The lowest BCUT2D eigenvalue weighted by atomic mass is 10.1. The van der Waals surface area contributed by atoms with E-state index in [0.717, 1.165) is 46.7 Å². The second kappa shape index (κ2) is 6.73. The molecule has 0 atom stereocenters. The topological polar surface area (TPSA) is 16.1 Å². The average molecular weight is 319 g/mol. The molecule has 0 amide bonds. The van der Waals surface area contributed by atoms with Gasteiger partial charge < -0.3 is 0 Å². The number of thiazole rings is 1. The van der Waals surface area contributed by atoms with E-state index in [-0.39, 0.29) is 0 Å². The molecule has 0 N–H and O–H groups in total. The van der Waals surface area contributed by atoms with Crippen molar-refractivity contribution in [3.63, 3.8) is 0 Å². The minimum atomic E-state index is 0.804. The minimum Gasteiger partial charge on any atom is -0.299 e. The molecule has 0 fully saturated rings. The van der Waals surface area contributed by atoms with Crippen LogP contribution in [0.5, 0.6) is 0 Å². The van der Waals surface area contributed by atoms with E-state index in [1.165, 1.54) is 12.0 Å². The van der Waals surface area contributed by atoms with Crippen molar-refractivity contribution in [1.29, 1.82) is 0 Å². The zero-order valence-electron chi connectivity index (χ0n) is 12.2. The van der Waals surface area contributed by atoms with Gasteiger partial charge in [-0.3, -0.25) is 4.90 Å². The lowest BCUT2D eigenvalue weighted by molar-refractivity contribution is 0.305. The molecule has 0 radical (unpaired) electrons. The Hall–Kier alpha value is -1.16. The lowest BCUT2D eigenvalue weighted by Crippen LogP contribution is -2.30. The summed E-state index contributed by atoms with van der Waals surface area (Å²) in [6, 6.07) is 10.3. The van der Waals surface area contributed by atoms with E-state index in [4.69, 9.17) is 16.6 Å². The van der Waals surface area contributed by atoms with Gasteiger partial charge in [-0.2, -0.15) is 0 Å². The highest BCUT2D eigenvalue weighted by molar-refractivity contribution is 7.19. The molecular weight excluding hydrogens is 300 g/mol. The lowest BCUT2D eigenvalue weighted by Gasteiger charge is -2.26. The van der Waals surface area contributed by atoms with Crippen LogP contribution in [0.4, 0.5) is 0 Å². The van der Waals surface area contributed by atoms with Crippen LogP contribution in [0.25, 0.3) is 16.1 Å². The van der Waals surface area contributed by atoms with E-state index < -0.39 is 0 Å². The van der Waals surface area contributed by atoms with Gasteiger partial charge in [0.15, 0.2) is 0 Å². The van der Waals surface area contributed by atoms with Crippen LogP contribution < -0.4 is 0 Å². The predicted molar refractivity (Wildman–Crippen MR) is 91.9 cm³/mol. The molecule has 1 aromatic carbocycles. The number of halogens is 1. The molecule has 0 unspecified atom stereocenters. The Morgan fingerprint density at radius 1 is 1.29 bits per heavy atom. The number of hydrogen-bond donors (Lipinski definition) is 0. The molecular formula is C17H19ClN2S. The molecule has 0 saturated heterocycles. The van der Waals surface area contributed by atoms with Gasteiger partial charge in [-0.15, -0.1) is 11.3 Å². The quantitative estimate of drug-likeness (QED) is 0.791. The fourth-order valence-electron chi connectivity index (χ4n) is 2.69. The van der Waals surface area contributed by atoms with E-state index in [2.05, 4.69) is 30.0 Å². The van der Waals surface area contributed by atoms with Crippen molar-refractivity contribution < 1.29 is 0 Å². The Bertz CT molecular complexity index is 633. The standard InChI is InChI=1S/C17H19ClN2S/c1-2-10-20-11-6-9-14(12-20)15-16(18)21-17(19-15)13-7-4-3-5-8-13/h3-5,7-9H,2,6,10-12H2,1H3. The van der Waals surface area contributed by atoms with Gasteiger partial charge >= 0.3 is 0 Å². The summed E-state index contributed by atoms with van der Waals surface area (Å²) in [7, 11) is 0. The fraction of sp³-hybridized carbons (Fsp3) is 0.353. The molecule has 0 saturated carbocycles. The van der Waals surface area contributed by atoms with Gasteiger partial charge in [0, 0.05) is 18.7 Å². The zero-order chi connectivity index (χ0) is 14.7. The summed E-state index contributed by atoms with van der Waals surface area (Å²) in [6.07, 6.45) is 4.57. The van der Waals surface area contributed by atoms with Gasteiger partial charge in [-0.1, -0.05) is 54.9 Å². The molecule has 1 aromatic heterocycles. The molecule has 2 heterocycles. The van der Waals surface area contributed by atoms with Gasteiger partial charge in [-0.25, -0.2) is 4.98 Å². The van der Waals surface area contributed by atoms with Crippen LogP contribution in [0.15, 0.2) is 36.4 Å². The van der Waals surface area contributed by atoms with Crippen molar-refractivity contribution in [2.75, 3.05) is 19.6 Å². The van der Waals surface area contributed by atoms with Crippen LogP contribution in [0.2, 0.25) is 4.34 Å². The Morgan fingerprint density at radius 3 is 2.86 bits per heavy atom. The summed E-state index contributed by atoms with van der Waals surface area (Å²) >= 11 is 8.02. The number of aromatic nitrogens is 1. The Labute approximate surface area is 135 Å². The highest BCUT2D eigenvalue weighted by Crippen LogP contribution is 2.36. The smallest absolute Gasteiger partial charge is 0.125 e.